The summed E-state index contributed by atoms with van der Waals surface area (Å²) in [5, 5.41) is 6.98. The summed E-state index contributed by atoms with van der Waals surface area (Å²) >= 11 is 0. The van der Waals surface area contributed by atoms with Crippen molar-refractivity contribution in [3.05, 3.63) is 47.6 Å². The topological polar surface area (TPSA) is 104 Å². The lowest BCUT2D eigenvalue weighted by Crippen LogP contribution is -2.53. The molecule has 10 heteroatoms. The van der Waals surface area contributed by atoms with Crippen molar-refractivity contribution < 1.29 is 12.9 Å². The van der Waals surface area contributed by atoms with Crippen LogP contribution in [-0.2, 0) is 22.3 Å². The molecule has 0 amide bonds. The first kappa shape index (κ1) is 19.3. The Morgan fingerprint density at radius 2 is 2.00 bits per heavy atom. The largest absolute Gasteiger partial charge is 0.364 e. The first-order valence-electron chi connectivity index (χ1n) is 8.73. The van der Waals surface area contributed by atoms with Crippen LogP contribution >= 0.6 is 0 Å². The molecule has 0 aliphatic carbocycles. The average molecular weight is 392 g/mol. The van der Waals surface area contributed by atoms with Crippen molar-refractivity contribution in [1.82, 2.24) is 24.7 Å². The van der Waals surface area contributed by atoms with Crippen molar-refractivity contribution >= 4 is 16.0 Å². The quantitative estimate of drug-likeness (QED) is 0.587. The molecule has 0 spiro atoms. The Balaban J connectivity index is 1.54. The van der Waals surface area contributed by atoms with E-state index in [1.165, 1.54) is 10.6 Å². The van der Waals surface area contributed by atoms with E-state index in [0.29, 0.717) is 38.4 Å². The Labute approximate surface area is 159 Å². The maximum absolute atomic E-state index is 12.5. The lowest BCUT2D eigenvalue weighted by Gasteiger charge is -2.35. The molecule has 0 bridgehead atoms. The van der Waals surface area contributed by atoms with Gasteiger partial charge in [0.2, 0.25) is 10.0 Å². The van der Waals surface area contributed by atoms with E-state index in [-0.39, 0.29) is 5.75 Å². The molecule has 0 saturated carbocycles. The SMILES string of the molecule is CN=C(NCc1cccc(C)n1)N1CCN(S(=O)(=O)Cc2ccon2)CC1. The minimum Gasteiger partial charge on any atom is -0.364 e. The van der Waals surface area contributed by atoms with Gasteiger partial charge < -0.3 is 14.7 Å². The molecule has 9 nitrogen and oxygen atoms in total. The third kappa shape index (κ3) is 5.04. The van der Waals surface area contributed by atoms with Crippen molar-refractivity contribution in [1.29, 1.82) is 0 Å². The molecular weight excluding hydrogens is 368 g/mol. The highest BCUT2D eigenvalue weighted by Crippen LogP contribution is 2.13. The van der Waals surface area contributed by atoms with Crippen LogP contribution in [0.25, 0.3) is 0 Å². The smallest absolute Gasteiger partial charge is 0.220 e. The van der Waals surface area contributed by atoms with E-state index in [0.717, 1.165) is 17.3 Å². The van der Waals surface area contributed by atoms with Gasteiger partial charge in [-0.05, 0) is 19.1 Å². The van der Waals surface area contributed by atoms with Gasteiger partial charge in [0.1, 0.15) is 12.0 Å². The van der Waals surface area contributed by atoms with Crippen LogP contribution in [0.1, 0.15) is 17.1 Å². The summed E-state index contributed by atoms with van der Waals surface area (Å²) in [5.41, 5.74) is 2.32. The van der Waals surface area contributed by atoms with Gasteiger partial charge in [-0.2, -0.15) is 4.31 Å². The van der Waals surface area contributed by atoms with Crippen LogP contribution in [0.4, 0.5) is 0 Å². The number of hydrogen-bond donors (Lipinski definition) is 1. The summed E-state index contributed by atoms with van der Waals surface area (Å²) in [7, 11) is -1.69. The van der Waals surface area contributed by atoms with Gasteiger partial charge in [0.25, 0.3) is 0 Å². The van der Waals surface area contributed by atoms with Crippen LogP contribution in [0.5, 0.6) is 0 Å². The minimum absolute atomic E-state index is 0.143. The highest BCUT2D eigenvalue weighted by molar-refractivity contribution is 7.88. The molecule has 0 aromatic carbocycles. The first-order valence-corrected chi connectivity index (χ1v) is 10.3. The maximum atomic E-state index is 12.5. The Morgan fingerprint density at radius 1 is 1.22 bits per heavy atom. The molecule has 1 aliphatic heterocycles. The number of aliphatic imine (C=N–C) groups is 1. The van der Waals surface area contributed by atoms with Crippen molar-refractivity contribution in [3.8, 4) is 0 Å². The van der Waals surface area contributed by atoms with E-state index in [9.17, 15) is 8.42 Å². The number of hydrogen-bond acceptors (Lipinski definition) is 6. The van der Waals surface area contributed by atoms with E-state index in [4.69, 9.17) is 4.52 Å². The zero-order chi connectivity index (χ0) is 19.3. The minimum atomic E-state index is -3.41. The summed E-state index contributed by atoms with van der Waals surface area (Å²) in [6.07, 6.45) is 1.38. The number of aromatic nitrogens is 2. The number of sulfonamides is 1. The number of rotatable bonds is 5. The number of guanidine groups is 1. The fourth-order valence-corrected chi connectivity index (χ4v) is 4.39. The van der Waals surface area contributed by atoms with E-state index >= 15 is 0 Å². The van der Waals surface area contributed by atoms with Crippen molar-refractivity contribution in [2.24, 2.45) is 4.99 Å². The molecule has 0 radical (unpaired) electrons. The van der Waals surface area contributed by atoms with Crippen LogP contribution < -0.4 is 5.32 Å². The van der Waals surface area contributed by atoms with Crippen molar-refractivity contribution in [2.75, 3.05) is 33.2 Å². The molecule has 1 N–H and O–H groups in total. The zero-order valence-corrected chi connectivity index (χ0v) is 16.3. The number of nitrogens with zero attached hydrogens (tertiary/aromatic N) is 5. The van der Waals surface area contributed by atoms with E-state index in [1.807, 2.05) is 25.1 Å². The van der Waals surface area contributed by atoms with Crippen LogP contribution in [0, 0.1) is 6.92 Å². The second kappa shape index (κ2) is 8.49. The van der Waals surface area contributed by atoms with Gasteiger partial charge in [-0.15, -0.1) is 0 Å². The Hall–Kier alpha value is -2.46. The summed E-state index contributed by atoms with van der Waals surface area (Å²) < 4.78 is 31.2. The maximum Gasteiger partial charge on any atom is 0.220 e. The fourth-order valence-electron chi connectivity index (χ4n) is 2.97. The molecule has 146 valence electrons. The van der Waals surface area contributed by atoms with Crippen molar-refractivity contribution in [2.45, 2.75) is 19.2 Å². The standard InChI is InChI=1S/C17H24N6O3S/c1-14-4-3-5-15(20-14)12-19-17(18-2)22-7-9-23(10-8-22)27(24,25)13-16-6-11-26-21-16/h3-6,11H,7-10,12-13H2,1-2H3,(H,18,19). The zero-order valence-electron chi connectivity index (χ0n) is 15.5. The van der Waals surface area contributed by atoms with Gasteiger partial charge in [0.15, 0.2) is 5.96 Å². The van der Waals surface area contributed by atoms with E-state index in [1.54, 1.807) is 13.1 Å². The van der Waals surface area contributed by atoms with Gasteiger partial charge in [-0.25, -0.2) is 8.42 Å². The van der Waals surface area contributed by atoms with Gasteiger partial charge in [0.05, 0.1) is 17.9 Å². The summed E-state index contributed by atoms with van der Waals surface area (Å²) in [4.78, 5) is 10.8. The summed E-state index contributed by atoms with van der Waals surface area (Å²) in [5.74, 6) is 0.599. The predicted octanol–water partition coefficient (Wildman–Crippen LogP) is 0.601. The molecule has 1 aliphatic rings. The van der Waals surface area contributed by atoms with Crippen LogP contribution in [0.15, 0.2) is 40.0 Å². The average Bonchev–Trinajstić information content (AvgIpc) is 3.15. The highest BCUT2D eigenvalue weighted by atomic mass is 32.2. The molecular formula is C17H24N6O3S. The molecule has 3 heterocycles. The molecule has 27 heavy (non-hydrogen) atoms. The monoisotopic (exact) mass is 392 g/mol. The van der Waals surface area contributed by atoms with Crippen LogP contribution in [0.2, 0.25) is 0 Å². The fraction of sp³-hybridized carbons (Fsp3) is 0.471. The van der Waals surface area contributed by atoms with Crippen LogP contribution in [0.3, 0.4) is 0 Å². The number of nitrogens with one attached hydrogen (secondary N) is 1. The highest BCUT2D eigenvalue weighted by Gasteiger charge is 2.28. The van der Waals surface area contributed by atoms with Gasteiger partial charge in [-0.3, -0.25) is 9.98 Å². The Bertz CT molecular complexity index is 874. The van der Waals surface area contributed by atoms with Crippen LogP contribution in [-0.4, -0.2) is 66.9 Å². The first-order chi connectivity index (χ1) is 13.0. The van der Waals surface area contributed by atoms with E-state index < -0.39 is 10.0 Å². The summed E-state index contributed by atoms with van der Waals surface area (Å²) in [6, 6.07) is 7.46. The van der Waals surface area contributed by atoms with Gasteiger partial charge >= 0.3 is 0 Å². The normalized spacial score (nSPS) is 16.5. The van der Waals surface area contributed by atoms with Gasteiger partial charge in [-0.1, -0.05) is 11.2 Å². The lowest BCUT2D eigenvalue weighted by atomic mass is 10.3. The summed E-state index contributed by atoms with van der Waals surface area (Å²) in [6.45, 7) is 4.47. The number of piperazine rings is 1. The predicted molar refractivity (Wildman–Crippen MR) is 101 cm³/mol. The molecule has 0 atom stereocenters. The van der Waals surface area contributed by atoms with Crippen molar-refractivity contribution in [3.63, 3.8) is 0 Å². The molecule has 0 unspecified atom stereocenters. The third-order valence-electron chi connectivity index (χ3n) is 4.34. The molecule has 2 aromatic heterocycles. The number of aryl methyl sites for hydroxylation is 1. The molecule has 2 aromatic rings. The second-order valence-electron chi connectivity index (χ2n) is 6.30. The van der Waals surface area contributed by atoms with Gasteiger partial charge in [0, 0.05) is 45.0 Å². The molecule has 1 fully saturated rings. The number of pyridine rings is 1. The van der Waals surface area contributed by atoms with E-state index in [2.05, 4.69) is 25.3 Å². The lowest BCUT2D eigenvalue weighted by molar-refractivity contribution is 0.259. The Morgan fingerprint density at radius 3 is 2.63 bits per heavy atom. The molecule has 3 rings (SSSR count). The Kier molecular flexibility index (Phi) is 6.07. The second-order valence-corrected chi connectivity index (χ2v) is 8.27. The molecule has 1 saturated heterocycles. The third-order valence-corrected chi connectivity index (χ3v) is 6.15.